The van der Waals surface area contributed by atoms with E-state index < -0.39 is 0 Å². The second kappa shape index (κ2) is 5.13. The number of aromatic nitrogens is 2. The number of H-pyrrole nitrogens is 1. The van der Waals surface area contributed by atoms with Crippen LogP contribution in [0.2, 0.25) is 5.02 Å². The molecule has 2 aromatic rings. The van der Waals surface area contributed by atoms with Crippen molar-refractivity contribution in [3.05, 3.63) is 44.8 Å². The number of nitrogens with zero attached hydrogens (tertiary/aromatic N) is 1. The third-order valence-corrected chi connectivity index (χ3v) is 3.44. The summed E-state index contributed by atoms with van der Waals surface area (Å²) in [6, 6.07) is 5.48. The van der Waals surface area contributed by atoms with Gasteiger partial charge < -0.3 is 5.73 Å². The number of hydrogen-bond donors (Lipinski definition) is 2. The van der Waals surface area contributed by atoms with E-state index in [9.17, 15) is 4.79 Å². The predicted molar refractivity (Wildman–Crippen MR) is 79.1 cm³/mol. The van der Waals surface area contributed by atoms with Gasteiger partial charge in [-0.25, -0.2) is 4.68 Å². The van der Waals surface area contributed by atoms with E-state index in [1.54, 1.807) is 6.07 Å². The zero-order valence-corrected chi connectivity index (χ0v) is 12.1. The van der Waals surface area contributed by atoms with Gasteiger partial charge in [-0.2, -0.15) is 0 Å². The van der Waals surface area contributed by atoms with Gasteiger partial charge in [0.25, 0.3) is 5.56 Å². The highest BCUT2D eigenvalue weighted by atomic mass is 35.5. The summed E-state index contributed by atoms with van der Waals surface area (Å²) in [5, 5.41) is 3.69. The number of anilines is 1. The van der Waals surface area contributed by atoms with Crippen molar-refractivity contribution in [3.63, 3.8) is 0 Å². The fourth-order valence-corrected chi connectivity index (χ4v) is 2.14. The van der Waals surface area contributed by atoms with Crippen LogP contribution in [-0.4, -0.2) is 9.78 Å². The van der Waals surface area contributed by atoms with Gasteiger partial charge >= 0.3 is 0 Å². The Morgan fingerprint density at radius 2 is 2.11 bits per heavy atom. The summed E-state index contributed by atoms with van der Waals surface area (Å²) < 4.78 is 1.44. The van der Waals surface area contributed by atoms with E-state index in [0.717, 1.165) is 17.7 Å². The molecule has 0 bridgehead atoms. The summed E-state index contributed by atoms with van der Waals surface area (Å²) in [4.78, 5) is 12.1. The normalized spacial score (nSPS) is 11.2. The molecule has 5 heteroatoms. The van der Waals surface area contributed by atoms with E-state index >= 15 is 0 Å². The summed E-state index contributed by atoms with van der Waals surface area (Å²) >= 11 is 6.09. The summed E-state index contributed by atoms with van der Waals surface area (Å²) in [7, 11) is 0. The second-order valence-electron chi connectivity index (χ2n) is 5.18. The molecule has 0 aliphatic rings. The maximum Gasteiger partial charge on any atom is 0.294 e. The van der Waals surface area contributed by atoms with Gasteiger partial charge in [-0.1, -0.05) is 31.5 Å². The molecule has 0 amide bonds. The predicted octanol–water partition coefficient (Wildman–Crippen LogP) is 2.91. The summed E-state index contributed by atoms with van der Waals surface area (Å²) in [6.45, 7) is 6.08. The quantitative estimate of drug-likeness (QED) is 0.907. The minimum Gasteiger partial charge on any atom is -0.393 e. The molecular formula is C14H18ClN3O. The van der Waals surface area contributed by atoms with Crippen LogP contribution < -0.4 is 11.3 Å². The highest BCUT2D eigenvalue weighted by Gasteiger charge is 2.13. The molecule has 3 N–H and O–H groups in total. The lowest BCUT2D eigenvalue weighted by molar-refractivity contribution is 0.628. The van der Waals surface area contributed by atoms with Crippen molar-refractivity contribution in [2.75, 3.05) is 5.73 Å². The summed E-state index contributed by atoms with van der Waals surface area (Å²) in [5.74, 6) is 0.426. The number of hydrogen-bond acceptors (Lipinski definition) is 2. The number of rotatable bonds is 3. The van der Waals surface area contributed by atoms with Gasteiger partial charge in [0.1, 0.15) is 5.69 Å². The first-order valence-electron chi connectivity index (χ1n) is 6.26. The molecule has 0 aliphatic carbocycles. The van der Waals surface area contributed by atoms with E-state index in [2.05, 4.69) is 18.9 Å². The third kappa shape index (κ3) is 2.68. The van der Waals surface area contributed by atoms with E-state index in [-0.39, 0.29) is 11.2 Å². The van der Waals surface area contributed by atoms with Crippen molar-refractivity contribution in [2.45, 2.75) is 27.2 Å². The molecule has 0 aliphatic heterocycles. The van der Waals surface area contributed by atoms with Crippen molar-refractivity contribution in [1.29, 1.82) is 0 Å². The number of halogens is 1. The zero-order valence-electron chi connectivity index (χ0n) is 11.3. The Morgan fingerprint density at radius 3 is 2.68 bits per heavy atom. The molecule has 0 fully saturated rings. The molecule has 0 radical (unpaired) electrons. The second-order valence-corrected chi connectivity index (χ2v) is 5.58. The van der Waals surface area contributed by atoms with Gasteiger partial charge in [-0.15, -0.1) is 0 Å². The van der Waals surface area contributed by atoms with Crippen molar-refractivity contribution < 1.29 is 0 Å². The molecule has 2 rings (SSSR count). The Hall–Kier alpha value is -1.68. The van der Waals surface area contributed by atoms with E-state index in [4.69, 9.17) is 17.3 Å². The van der Waals surface area contributed by atoms with Crippen molar-refractivity contribution in [3.8, 4) is 5.69 Å². The SMILES string of the molecule is Cc1ccc(-n2[nH]c(CC(C)C)c(N)c2=O)cc1Cl. The molecule has 0 saturated heterocycles. The average molecular weight is 280 g/mol. The molecule has 1 aromatic carbocycles. The molecule has 0 unspecified atom stereocenters. The molecule has 1 aromatic heterocycles. The minimum absolute atomic E-state index is 0.226. The fourth-order valence-electron chi connectivity index (χ4n) is 1.96. The van der Waals surface area contributed by atoms with Crippen molar-refractivity contribution >= 4 is 17.3 Å². The molecule has 0 saturated carbocycles. The highest BCUT2D eigenvalue weighted by Crippen LogP contribution is 2.19. The van der Waals surface area contributed by atoms with Gasteiger partial charge in [0.05, 0.1) is 11.4 Å². The Bertz CT molecular complexity index is 655. The van der Waals surface area contributed by atoms with Crippen LogP contribution in [0.5, 0.6) is 0 Å². The summed E-state index contributed by atoms with van der Waals surface area (Å²) in [5.41, 5.74) is 8.36. The molecule has 19 heavy (non-hydrogen) atoms. The molecule has 102 valence electrons. The lowest BCUT2D eigenvalue weighted by Crippen LogP contribution is -2.16. The van der Waals surface area contributed by atoms with Crippen LogP contribution in [0.4, 0.5) is 5.69 Å². The van der Waals surface area contributed by atoms with Crippen molar-refractivity contribution in [2.24, 2.45) is 5.92 Å². The van der Waals surface area contributed by atoms with Crippen LogP contribution in [0.1, 0.15) is 25.1 Å². The first-order valence-corrected chi connectivity index (χ1v) is 6.64. The number of nitrogens with two attached hydrogens (primary N) is 1. The Labute approximate surface area is 117 Å². The Balaban J connectivity index is 2.51. The lowest BCUT2D eigenvalue weighted by Gasteiger charge is -2.05. The van der Waals surface area contributed by atoms with Gasteiger partial charge in [-0.05, 0) is 37.0 Å². The number of nitrogens with one attached hydrogen (secondary N) is 1. The lowest BCUT2D eigenvalue weighted by atomic mass is 10.1. The van der Waals surface area contributed by atoms with Crippen LogP contribution in [-0.2, 0) is 6.42 Å². The topological polar surface area (TPSA) is 63.8 Å². The Morgan fingerprint density at radius 1 is 1.42 bits per heavy atom. The van der Waals surface area contributed by atoms with Crippen LogP contribution in [0.15, 0.2) is 23.0 Å². The molecule has 0 atom stereocenters. The van der Waals surface area contributed by atoms with Gasteiger partial charge in [0.15, 0.2) is 0 Å². The molecule has 4 nitrogen and oxygen atoms in total. The van der Waals surface area contributed by atoms with Crippen LogP contribution in [0.3, 0.4) is 0 Å². The van der Waals surface area contributed by atoms with Crippen molar-refractivity contribution in [1.82, 2.24) is 9.78 Å². The first kappa shape index (κ1) is 13.7. The third-order valence-electron chi connectivity index (χ3n) is 3.03. The number of nitrogen functional groups attached to an aromatic ring is 1. The van der Waals surface area contributed by atoms with E-state index in [1.165, 1.54) is 4.68 Å². The standard InChI is InChI=1S/C14H18ClN3O/c1-8(2)6-12-13(16)14(19)18(17-12)10-5-4-9(3)11(15)7-10/h4-5,7-8,17H,6,16H2,1-3H3. The number of aryl methyl sites for hydroxylation is 1. The van der Waals surface area contributed by atoms with E-state index in [1.807, 2.05) is 19.1 Å². The first-order chi connectivity index (χ1) is 8.90. The van der Waals surface area contributed by atoms with E-state index in [0.29, 0.717) is 16.6 Å². The maximum absolute atomic E-state index is 12.1. The average Bonchev–Trinajstić information content (AvgIpc) is 2.60. The van der Waals surface area contributed by atoms with Gasteiger partial charge in [-0.3, -0.25) is 9.89 Å². The monoisotopic (exact) mass is 279 g/mol. The van der Waals surface area contributed by atoms with Crippen LogP contribution in [0, 0.1) is 12.8 Å². The van der Waals surface area contributed by atoms with Crippen LogP contribution >= 0.6 is 11.6 Å². The molecule has 0 spiro atoms. The smallest absolute Gasteiger partial charge is 0.294 e. The largest absolute Gasteiger partial charge is 0.393 e. The molecular weight excluding hydrogens is 262 g/mol. The molecule has 1 heterocycles. The number of benzene rings is 1. The minimum atomic E-state index is -0.226. The number of aromatic amines is 1. The maximum atomic E-state index is 12.1. The Kier molecular flexibility index (Phi) is 3.71. The summed E-state index contributed by atoms with van der Waals surface area (Å²) in [6.07, 6.45) is 0.744. The van der Waals surface area contributed by atoms with Gasteiger partial charge in [0, 0.05) is 5.02 Å². The van der Waals surface area contributed by atoms with Crippen LogP contribution in [0.25, 0.3) is 5.69 Å². The van der Waals surface area contributed by atoms with Gasteiger partial charge in [0.2, 0.25) is 0 Å². The zero-order chi connectivity index (χ0) is 14.2. The fraction of sp³-hybridized carbons (Fsp3) is 0.357. The highest BCUT2D eigenvalue weighted by molar-refractivity contribution is 6.31.